The van der Waals surface area contributed by atoms with Gasteiger partial charge in [-0.25, -0.2) is 0 Å². The van der Waals surface area contributed by atoms with Gasteiger partial charge in [0.1, 0.15) is 25.3 Å². The molecule has 14 nitrogen and oxygen atoms in total. The lowest BCUT2D eigenvalue weighted by molar-refractivity contribution is -0.144. The molecule has 3 aromatic rings. The first kappa shape index (κ1) is 35.6. The summed E-state index contributed by atoms with van der Waals surface area (Å²) in [5.74, 6) is -3.56. The highest BCUT2D eigenvalue weighted by atomic mass is 16.6. The number of anilines is 2. The van der Waals surface area contributed by atoms with Gasteiger partial charge in [0.25, 0.3) is 17.7 Å². The quantitative estimate of drug-likeness (QED) is 0.152. The summed E-state index contributed by atoms with van der Waals surface area (Å²) in [4.78, 5) is 79.9. The number of cyclic esters (lactones) is 1. The van der Waals surface area contributed by atoms with Crippen LogP contribution in [-0.4, -0.2) is 90.7 Å². The minimum Gasteiger partial charge on any atom is -0.458 e. The number of rotatable bonds is 13. The van der Waals surface area contributed by atoms with Crippen LogP contribution >= 0.6 is 0 Å². The Balaban J connectivity index is 1.32. The number of fused-ring (bicyclic) bond motifs is 1. The predicted molar refractivity (Wildman–Crippen MR) is 181 cm³/mol. The molecule has 0 radical (unpaired) electrons. The van der Waals surface area contributed by atoms with Crippen molar-refractivity contribution in [2.45, 2.75) is 44.6 Å². The highest BCUT2D eigenvalue weighted by Gasteiger charge is 2.40. The van der Waals surface area contributed by atoms with Gasteiger partial charge in [-0.15, -0.1) is 0 Å². The van der Waals surface area contributed by atoms with E-state index in [-0.39, 0.29) is 61.0 Å². The summed E-state index contributed by atoms with van der Waals surface area (Å²) in [5.41, 5.74) is 2.10. The molecule has 1 fully saturated rings. The number of nitrogens with zero attached hydrogens (tertiary/aromatic N) is 2. The van der Waals surface area contributed by atoms with Crippen LogP contribution in [0.15, 0.2) is 78.9 Å². The van der Waals surface area contributed by atoms with Crippen molar-refractivity contribution in [3.63, 3.8) is 0 Å². The van der Waals surface area contributed by atoms with E-state index in [1.54, 1.807) is 36.4 Å². The van der Waals surface area contributed by atoms with Crippen LogP contribution in [0.4, 0.5) is 11.4 Å². The molecule has 0 aliphatic carbocycles. The van der Waals surface area contributed by atoms with E-state index in [0.29, 0.717) is 5.56 Å². The third-order valence-corrected chi connectivity index (χ3v) is 8.32. The topological polar surface area (TPSA) is 195 Å². The molecule has 0 saturated carbocycles. The molecular formula is C36H37N5O9. The molecule has 1 saturated heterocycles. The first-order valence-electron chi connectivity index (χ1n) is 15.9. The predicted octanol–water partition coefficient (Wildman–Crippen LogP) is 1.33. The highest BCUT2D eigenvalue weighted by Crippen LogP contribution is 2.33. The van der Waals surface area contributed by atoms with E-state index in [1.165, 1.54) is 24.0 Å². The van der Waals surface area contributed by atoms with Crippen LogP contribution in [-0.2, 0) is 46.5 Å². The summed E-state index contributed by atoms with van der Waals surface area (Å²) in [6.07, 6.45) is -0.762. The van der Waals surface area contributed by atoms with Gasteiger partial charge in [0.2, 0.25) is 5.91 Å². The van der Waals surface area contributed by atoms with Crippen molar-refractivity contribution in [2.24, 2.45) is 0 Å². The molecule has 2 aliphatic rings. The number of ketones is 1. The van der Waals surface area contributed by atoms with Gasteiger partial charge >= 0.3 is 5.97 Å². The summed E-state index contributed by atoms with van der Waals surface area (Å²) in [7, 11) is 0. The van der Waals surface area contributed by atoms with Gasteiger partial charge < -0.3 is 35.5 Å². The van der Waals surface area contributed by atoms with E-state index in [9.17, 15) is 33.9 Å². The van der Waals surface area contributed by atoms with Gasteiger partial charge in [-0.1, -0.05) is 54.6 Å². The van der Waals surface area contributed by atoms with Crippen LogP contribution in [0.1, 0.15) is 34.8 Å². The molecule has 14 heteroatoms. The van der Waals surface area contributed by atoms with Crippen LogP contribution in [0, 0.1) is 5.41 Å². The molecule has 2 heterocycles. The van der Waals surface area contributed by atoms with E-state index < -0.39 is 60.9 Å². The number of ether oxygens (including phenoxy) is 2. The van der Waals surface area contributed by atoms with E-state index in [2.05, 4.69) is 10.6 Å². The molecule has 50 heavy (non-hydrogen) atoms. The lowest BCUT2D eigenvalue weighted by Gasteiger charge is -2.26. The van der Waals surface area contributed by atoms with Crippen molar-refractivity contribution in [1.29, 1.82) is 5.41 Å². The number of carbonyl (C=O) groups excluding carboxylic acids is 6. The van der Waals surface area contributed by atoms with Gasteiger partial charge in [0.05, 0.1) is 49.3 Å². The molecule has 260 valence electrons. The van der Waals surface area contributed by atoms with Crippen LogP contribution < -0.4 is 20.4 Å². The number of hydrogen-bond donors (Lipinski definition) is 4. The smallest absolute Gasteiger partial charge is 0.308 e. The van der Waals surface area contributed by atoms with E-state index in [4.69, 9.17) is 14.9 Å². The monoisotopic (exact) mass is 683 g/mol. The second-order valence-corrected chi connectivity index (χ2v) is 11.9. The molecule has 5 rings (SSSR count). The zero-order chi connectivity index (χ0) is 35.8. The molecule has 3 aromatic carbocycles. The molecule has 2 unspecified atom stereocenters. The maximum absolute atomic E-state index is 14.1. The van der Waals surface area contributed by atoms with Crippen molar-refractivity contribution in [3.8, 4) is 0 Å². The van der Waals surface area contributed by atoms with Crippen molar-refractivity contribution < 1.29 is 43.3 Å². The molecule has 2 aliphatic heterocycles. The number of Topliss-reactive ketones (excluding diaryl/α,β-unsaturated/α-hetero) is 1. The zero-order valence-corrected chi connectivity index (χ0v) is 27.3. The number of esters is 1. The third-order valence-electron chi connectivity index (χ3n) is 8.32. The van der Waals surface area contributed by atoms with Crippen molar-refractivity contribution in [2.75, 3.05) is 36.1 Å². The second kappa shape index (κ2) is 16.1. The van der Waals surface area contributed by atoms with E-state index >= 15 is 0 Å². The average molecular weight is 684 g/mol. The Morgan fingerprint density at radius 3 is 2.28 bits per heavy atom. The standard InChI is InChI=1S/C36H37N5O9/c1-22(43)26(37)15-23-11-13-25(14-12-23)35(47)39-28-17-40(33(45)19-42)29-9-5-6-10-30(29)41(36(28)48)18-32(44)38-27-16-34(46)50-31(27)21-49-20-24-7-3-2-4-8-24/h2-14,27-28,31,37,42H,15-21H2,1H3,(H,38,44)(H,39,47)/t27-,28?,31?/m0/s1. The van der Waals surface area contributed by atoms with Gasteiger partial charge in [0.15, 0.2) is 5.78 Å². The number of hydrogen-bond acceptors (Lipinski definition) is 10. The maximum Gasteiger partial charge on any atom is 0.308 e. The summed E-state index contributed by atoms with van der Waals surface area (Å²) in [5, 5.41) is 23.0. The normalized spacial score (nSPS) is 18.5. The number of aliphatic hydroxyl groups excluding tert-OH is 1. The Labute approximate surface area is 287 Å². The van der Waals surface area contributed by atoms with Crippen molar-refractivity contribution >= 4 is 52.5 Å². The largest absolute Gasteiger partial charge is 0.458 e. The minimum atomic E-state index is -1.33. The Morgan fingerprint density at radius 1 is 0.920 bits per heavy atom. The number of aliphatic hydroxyl groups is 1. The molecule has 3 atom stereocenters. The fourth-order valence-electron chi connectivity index (χ4n) is 5.69. The van der Waals surface area contributed by atoms with Crippen LogP contribution in [0.3, 0.4) is 0 Å². The molecular weight excluding hydrogens is 646 g/mol. The van der Waals surface area contributed by atoms with Crippen LogP contribution in [0.2, 0.25) is 0 Å². The number of carbonyl (C=O) groups is 6. The van der Waals surface area contributed by atoms with Gasteiger partial charge in [-0.3, -0.25) is 33.7 Å². The molecule has 0 aromatic heterocycles. The average Bonchev–Trinajstić information content (AvgIpc) is 3.41. The van der Waals surface area contributed by atoms with E-state index in [0.717, 1.165) is 10.5 Å². The maximum atomic E-state index is 14.1. The van der Waals surface area contributed by atoms with Crippen molar-refractivity contribution in [3.05, 3.63) is 95.6 Å². The third kappa shape index (κ3) is 8.64. The van der Waals surface area contributed by atoms with Crippen LogP contribution in [0.25, 0.3) is 0 Å². The molecule has 0 spiro atoms. The molecule has 4 N–H and O–H groups in total. The SMILES string of the molecule is CC(=O)C(=N)Cc1ccc(C(=O)NC2CN(C(=O)CO)c3ccccc3N(CC(=O)N[C@H]3CC(=O)OC3COCc3ccccc3)C2=O)cc1. The fraction of sp³-hybridized carbons (Fsp3) is 0.306. The number of para-hydroxylation sites is 2. The Hall–Kier alpha value is -5.73. The first-order chi connectivity index (χ1) is 24.0. The van der Waals surface area contributed by atoms with Gasteiger partial charge in [-0.2, -0.15) is 0 Å². The van der Waals surface area contributed by atoms with E-state index in [1.807, 2.05) is 30.3 Å². The first-order valence-corrected chi connectivity index (χ1v) is 15.9. The van der Waals surface area contributed by atoms with Gasteiger partial charge in [0, 0.05) is 18.9 Å². The number of nitrogens with one attached hydrogen (secondary N) is 3. The van der Waals surface area contributed by atoms with Crippen LogP contribution in [0.5, 0.6) is 0 Å². The lowest BCUT2D eigenvalue weighted by Crippen LogP contribution is -2.55. The fourth-order valence-corrected chi connectivity index (χ4v) is 5.69. The Kier molecular flexibility index (Phi) is 11.5. The Bertz CT molecular complexity index is 1780. The zero-order valence-electron chi connectivity index (χ0n) is 27.3. The second-order valence-electron chi connectivity index (χ2n) is 11.9. The summed E-state index contributed by atoms with van der Waals surface area (Å²) in [6.45, 7) is -0.123. The number of benzene rings is 3. The number of amides is 4. The lowest BCUT2D eigenvalue weighted by atomic mass is 10.0. The Morgan fingerprint density at radius 2 is 1.60 bits per heavy atom. The van der Waals surface area contributed by atoms with Crippen molar-refractivity contribution in [1.82, 2.24) is 10.6 Å². The summed E-state index contributed by atoms with van der Waals surface area (Å²) < 4.78 is 11.1. The summed E-state index contributed by atoms with van der Waals surface area (Å²) in [6, 6.07) is 19.9. The highest BCUT2D eigenvalue weighted by molar-refractivity contribution is 6.38. The van der Waals surface area contributed by atoms with Gasteiger partial charge in [-0.05, 0) is 35.4 Å². The minimum absolute atomic E-state index is 0.0314. The summed E-state index contributed by atoms with van der Waals surface area (Å²) >= 11 is 0. The molecule has 4 amide bonds. The molecule has 0 bridgehead atoms.